The molecule has 0 unspecified atom stereocenters. The lowest BCUT2D eigenvalue weighted by Gasteiger charge is -2.08. The third kappa shape index (κ3) is 7.84. The molecule has 0 heterocycles. The van der Waals surface area contributed by atoms with Crippen molar-refractivity contribution < 1.29 is 28.9 Å². The van der Waals surface area contributed by atoms with Crippen LogP contribution in [0.4, 0.5) is 0 Å². The van der Waals surface area contributed by atoms with Crippen LogP contribution in [0.1, 0.15) is 34.1 Å². The second kappa shape index (κ2) is 11.0. The molecule has 0 bridgehead atoms. The van der Waals surface area contributed by atoms with E-state index in [1.165, 1.54) is 0 Å². The molecule has 0 spiro atoms. The molecule has 3 N–H and O–H groups in total. The number of carbonyl (C=O) groups is 2. The molecule has 0 radical (unpaired) electrons. The van der Waals surface area contributed by atoms with Gasteiger partial charge in [0.1, 0.15) is 0 Å². The smallest absolute Gasteiger partial charge is 0.349 e. The van der Waals surface area contributed by atoms with E-state index in [-0.39, 0.29) is 26.2 Å². The number of aliphatic hydroxyl groups is 1. The summed E-state index contributed by atoms with van der Waals surface area (Å²) >= 11 is 0. The standard InChI is InChI=1S/C14H23N3O6/c1-5-21-10(18)8-9(4)16-17-12(15)11(13(19)22-6-2)14(20)23-7-3/h19H,5-8H2,1-4H3,(H2,15,17)/b13-11-,16-9-. The van der Waals surface area contributed by atoms with Crippen LogP contribution in [0.25, 0.3) is 0 Å². The summed E-state index contributed by atoms with van der Waals surface area (Å²) in [5.41, 5.74) is 5.54. The molecule has 0 saturated carbocycles. The summed E-state index contributed by atoms with van der Waals surface area (Å²) in [6.07, 6.45) is -0.0689. The number of aliphatic hydroxyl groups excluding tert-OH is 1. The Morgan fingerprint density at radius 2 is 1.57 bits per heavy atom. The Kier molecular flexibility index (Phi) is 9.81. The van der Waals surface area contributed by atoms with E-state index in [9.17, 15) is 14.7 Å². The number of nitrogens with two attached hydrogens (primary N) is 1. The van der Waals surface area contributed by atoms with Crippen LogP contribution in [-0.4, -0.2) is 48.4 Å². The number of amidine groups is 1. The van der Waals surface area contributed by atoms with Gasteiger partial charge in [-0.3, -0.25) is 4.79 Å². The number of ether oxygens (including phenoxy) is 3. The van der Waals surface area contributed by atoms with Crippen LogP contribution < -0.4 is 5.73 Å². The van der Waals surface area contributed by atoms with Crippen LogP contribution in [0.15, 0.2) is 21.7 Å². The van der Waals surface area contributed by atoms with E-state index in [2.05, 4.69) is 10.2 Å². The summed E-state index contributed by atoms with van der Waals surface area (Å²) in [6, 6.07) is 0. The van der Waals surface area contributed by atoms with Gasteiger partial charge in [-0.05, 0) is 27.7 Å². The third-order valence-electron chi connectivity index (χ3n) is 2.26. The lowest BCUT2D eigenvalue weighted by atomic mass is 10.2. The first kappa shape index (κ1) is 20.4. The molecule has 9 nitrogen and oxygen atoms in total. The Bertz CT molecular complexity index is 511. The number of nitrogens with zero attached hydrogens (tertiary/aromatic N) is 2. The largest absolute Gasteiger partial charge is 0.480 e. The lowest BCUT2D eigenvalue weighted by molar-refractivity contribution is -0.141. The number of rotatable bonds is 9. The van der Waals surface area contributed by atoms with Gasteiger partial charge in [0.05, 0.1) is 26.2 Å². The Hall–Kier alpha value is -2.58. The quantitative estimate of drug-likeness (QED) is 0.161. The highest BCUT2D eigenvalue weighted by Crippen LogP contribution is 2.07. The molecular formula is C14H23N3O6. The summed E-state index contributed by atoms with van der Waals surface area (Å²) in [5.74, 6) is -2.44. The van der Waals surface area contributed by atoms with Crippen molar-refractivity contribution in [1.29, 1.82) is 0 Å². The highest BCUT2D eigenvalue weighted by molar-refractivity contribution is 6.18. The maximum absolute atomic E-state index is 11.8. The molecule has 0 saturated heterocycles. The SMILES string of the molecule is CCOC(=O)C\C(C)=N/N=C(N)/C(C(=O)OCC)=C(\O)OCC. The highest BCUT2D eigenvalue weighted by atomic mass is 16.6. The predicted octanol–water partition coefficient (Wildman–Crippen LogP) is 1.04. The van der Waals surface area contributed by atoms with Gasteiger partial charge in [-0.1, -0.05) is 0 Å². The van der Waals surface area contributed by atoms with Gasteiger partial charge in [-0.2, -0.15) is 5.10 Å². The van der Waals surface area contributed by atoms with Crippen molar-refractivity contribution >= 4 is 23.5 Å². The van der Waals surface area contributed by atoms with Gasteiger partial charge < -0.3 is 25.1 Å². The second-order valence-corrected chi connectivity index (χ2v) is 4.14. The first-order chi connectivity index (χ1) is 10.9. The maximum atomic E-state index is 11.8. The van der Waals surface area contributed by atoms with Gasteiger partial charge in [0.2, 0.25) is 0 Å². The van der Waals surface area contributed by atoms with Crippen LogP contribution in [0.3, 0.4) is 0 Å². The average Bonchev–Trinajstić information content (AvgIpc) is 2.46. The Morgan fingerprint density at radius 3 is 2.09 bits per heavy atom. The van der Waals surface area contributed by atoms with Crippen molar-refractivity contribution in [2.45, 2.75) is 34.1 Å². The maximum Gasteiger partial charge on any atom is 0.349 e. The minimum absolute atomic E-state index is 0.0689. The van der Waals surface area contributed by atoms with Crippen LogP contribution in [0.2, 0.25) is 0 Å². The molecule has 0 aromatic carbocycles. The van der Waals surface area contributed by atoms with Crippen molar-refractivity contribution in [2.75, 3.05) is 19.8 Å². The molecule has 0 amide bonds. The van der Waals surface area contributed by atoms with Gasteiger partial charge in [-0.25, -0.2) is 4.79 Å². The summed E-state index contributed by atoms with van der Waals surface area (Å²) < 4.78 is 14.4. The molecule has 0 atom stereocenters. The van der Waals surface area contributed by atoms with Crippen molar-refractivity contribution in [2.24, 2.45) is 15.9 Å². The molecule has 0 aliphatic heterocycles. The average molecular weight is 329 g/mol. The number of carbonyl (C=O) groups excluding carboxylic acids is 2. The molecule has 0 rings (SSSR count). The Balaban J connectivity index is 5.28. The first-order valence-corrected chi connectivity index (χ1v) is 7.12. The zero-order valence-electron chi connectivity index (χ0n) is 13.8. The molecule has 0 aliphatic rings. The van der Waals surface area contributed by atoms with Crippen LogP contribution in [-0.2, 0) is 23.8 Å². The van der Waals surface area contributed by atoms with Crippen molar-refractivity contribution in [3.05, 3.63) is 11.5 Å². The normalized spacial score (nSPS) is 13.2. The Morgan fingerprint density at radius 1 is 1.00 bits per heavy atom. The minimum Gasteiger partial charge on any atom is -0.480 e. The third-order valence-corrected chi connectivity index (χ3v) is 2.26. The molecule has 23 heavy (non-hydrogen) atoms. The van der Waals surface area contributed by atoms with E-state index < -0.39 is 29.3 Å². The fraction of sp³-hybridized carbons (Fsp3) is 0.571. The molecule has 9 heteroatoms. The van der Waals surface area contributed by atoms with Crippen molar-refractivity contribution in [3.63, 3.8) is 0 Å². The van der Waals surface area contributed by atoms with E-state index in [4.69, 9.17) is 19.9 Å². The fourth-order valence-electron chi connectivity index (χ4n) is 1.36. The van der Waals surface area contributed by atoms with Crippen molar-refractivity contribution in [3.8, 4) is 0 Å². The first-order valence-electron chi connectivity index (χ1n) is 7.12. The Labute approximate surface area is 134 Å². The fourth-order valence-corrected chi connectivity index (χ4v) is 1.36. The highest BCUT2D eigenvalue weighted by Gasteiger charge is 2.22. The van der Waals surface area contributed by atoms with E-state index >= 15 is 0 Å². The van der Waals surface area contributed by atoms with Gasteiger partial charge in [0.15, 0.2) is 11.4 Å². The number of hydrogen-bond donors (Lipinski definition) is 2. The van der Waals surface area contributed by atoms with Crippen LogP contribution in [0, 0.1) is 0 Å². The summed E-state index contributed by atoms with van der Waals surface area (Å²) in [4.78, 5) is 23.1. The number of hydrogen-bond acceptors (Lipinski definition) is 8. The monoisotopic (exact) mass is 329 g/mol. The van der Waals surface area contributed by atoms with E-state index in [0.717, 1.165) is 0 Å². The molecule has 0 fully saturated rings. The molecule has 0 aromatic heterocycles. The summed E-state index contributed by atoms with van der Waals surface area (Å²) in [5, 5.41) is 17.1. The summed E-state index contributed by atoms with van der Waals surface area (Å²) in [6.45, 7) is 6.91. The van der Waals surface area contributed by atoms with E-state index in [1.807, 2.05) is 0 Å². The second-order valence-electron chi connectivity index (χ2n) is 4.14. The lowest BCUT2D eigenvalue weighted by Crippen LogP contribution is -2.25. The molecule has 130 valence electrons. The molecular weight excluding hydrogens is 306 g/mol. The minimum atomic E-state index is -0.891. The topological polar surface area (TPSA) is 133 Å². The van der Waals surface area contributed by atoms with Gasteiger partial charge >= 0.3 is 11.9 Å². The predicted molar refractivity (Wildman–Crippen MR) is 83.9 cm³/mol. The molecule has 0 aliphatic carbocycles. The molecule has 0 aromatic rings. The van der Waals surface area contributed by atoms with Gasteiger partial charge in [0.25, 0.3) is 5.95 Å². The van der Waals surface area contributed by atoms with E-state index in [0.29, 0.717) is 5.71 Å². The van der Waals surface area contributed by atoms with Gasteiger partial charge in [0, 0.05) is 5.71 Å². The number of esters is 2. The van der Waals surface area contributed by atoms with Gasteiger partial charge in [-0.15, -0.1) is 5.10 Å². The zero-order chi connectivity index (χ0) is 17.8. The van der Waals surface area contributed by atoms with Crippen LogP contribution in [0.5, 0.6) is 0 Å². The summed E-state index contributed by atoms with van der Waals surface area (Å²) in [7, 11) is 0. The van der Waals surface area contributed by atoms with Crippen molar-refractivity contribution in [1.82, 2.24) is 0 Å². The van der Waals surface area contributed by atoms with E-state index in [1.54, 1.807) is 27.7 Å². The zero-order valence-corrected chi connectivity index (χ0v) is 13.8. The van der Waals surface area contributed by atoms with Crippen LogP contribution >= 0.6 is 0 Å².